The van der Waals surface area contributed by atoms with E-state index in [1.54, 1.807) is 7.11 Å². The smallest absolute Gasteiger partial charge is 0.124 e. The lowest BCUT2D eigenvalue weighted by molar-refractivity contribution is 0.352. The fourth-order valence-electron chi connectivity index (χ4n) is 1.57. The van der Waals surface area contributed by atoms with Gasteiger partial charge in [0.05, 0.1) is 7.11 Å². The molecule has 3 heteroatoms. The molecule has 0 aliphatic carbocycles. The number of hydrogen-bond acceptors (Lipinski definition) is 2. The van der Waals surface area contributed by atoms with Crippen molar-refractivity contribution in [1.29, 1.82) is 0 Å². The molecule has 1 heterocycles. The van der Waals surface area contributed by atoms with E-state index in [2.05, 4.69) is 27.3 Å². The van der Waals surface area contributed by atoms with E-state index >= 15 is 0 Å². The first-order valence-electron chi connectivity index (χ1n) is 4.38. The van der Waals surface area contributed by atoms with Gasteiger partial charge < -0.3 is 10.1 Å². The van der Waals surface area contributed by atoms with Crippen LogP contribution < -0.4 is 10.1 Å². The van der Waals surface area contributed by atoms with Crippen LogP contribution in [0.3, 0.4) is 0 Å². The minimum Gasteiger partial charge on any atom is -0.496 e. The maximum atomic E-state index is 5.31. The Morgan fingerprint density at radius 2 is 2.31 bits per heavy atom. The van der Waals surface area contributed by atoms with E-state index < -0.39 is 0 Å². The summed E-state index contributed by atoms with van der Waals surface area (Å²) in [5.41, 5.74) is 1.25. The second-order valence-corrected chi connectivity index (χ2v) is 4.01. The van der Waals surface area contributed by atoms with Crippen LogP contribution in [0, 0.1) is 0 Å². The highest BCUT2D eigenvalue weighted by atomic mass is 79.9. The normalized spacial score (nSPS) is 20.9. The molecule has 0 saturated carbocycles. The van der Waals surface area contributed by atoms with E-state index in [1.165, 1.54) is 12.0 Å². The largest absolute Gasteiger partial charge is 0.496 e. The third-order valence-corrected chi connectivity index (χ3v) is 3.10. The molecule has 2 rings (SSSR count). The van der Waals surface area contributed by atoms with Gasteiger partial charge in [0.2, 0.25) is 0 Å². The molecule has 0 bridgehead atoms. The zero-order chi connectivity index (χ0) is 9.26. The van der Waals surface area contributed by atoms with Crippen molar-refractivity contribution >= 4 is 15.9 Å². The molecule has 1 unspecified atom stereocenters. The van der Waals surface area contributed by atoms with E-state index in [0.717, 1.165) is 16.8 Å². The summed E-state index contributed by atoms with van der Waals surface area (Å²) >= 11 is 3.54. The maximum absolute atomic E-state index is 5.31. The Morgan fingerprint density at radius 1 is 1.54 bits per heavy atom. The molecule has 2 nitrogen and oxygen atoms in total. The van der Waals surface area contributed by atoms with E-state index in [0.29, 0.717) is 6.04 Å². The Kier molecular flexibility index (Phi) is 2.56. The van der Waals surface area contributed by atoms with Crippen molar-refractivity contribution in [2.45, 2.75) is 12.5 Å². The van der Waals surface area contributed by atoms with Crippen molar-refractivity contribution in [3.8, 4) is 5.75 Å². The first kappa shape index (κ1) is 9.03. The Bertz CT molecular complexity index is 310. The molecule has 70 valence electrons. The fraction of sp³-hybridized carbons (Fsp3) is 0.400. The fourth-order valence-corrected chi connectivity index (χ4v) is 2.19. The van der Waals surface area contributed by atoms with Gasteiger partial charge in [0.15, 0.2) is 0 Å². The molecule has 1 saturated heterocycles. The molecule has 1 atom stereocenters. The van der Waals surface area contributed by atoms with E-state index in [4.69, 9.17) is 4.74 Å². The van der Waals surface area contributed by atoms with Crippen molar-refractivity contribution in [1.82, 2.24) is 5.32 Å². The zero-order valence-corrected chi connectivity index (χ0v) is 9.10. The van der Waals surface area contributed by atoms with E-state index in [-0.39, 0.29) is 0 Å². The summed E-state index contributed by atoms with van der Waals surface area (Å²) in [6, 6.07) is 6.51. The molecular weight excluding hydrogens is 230 g/mol. The zero-order valence-electron chi connectivity index (χ0n) is 7.51. The second kappa shape index (κ2) is 3.68. The van der Waals surface area contributed by atoms with Gasteiger partial charge in [-0.15, -0.1) is 0 Å². The van der Waals surface area contributed by atoms with Crippen molar-refractivity contribution < 1.29 is 4.74 Å². The van der Waals surface area contributed by atoms with Gasteiger partial charge in [0.1, 0.15) is 5.75 Å². The van der Waals surface area contributed by atoms with Gasteiger partial charge in [-0.25, -0.2) is 0 Å². The lowest BCUT2D eigenvalue weighted by Gasteiger charge is -2.30. The first-order valence-corrected chi connectivity index (χ1v) is 5.18. The van der Waals surface area contributed by atoms with Gasteiger partial charge in [-0.05, 0) is 25.1 Å². The molecule has 0 radical (unpaired) electrons. The predicted octanol–water partition coefficient (Wildman–Crippen LogP) is 2.49. The maximum Gasteiger partial charge on any atom is 0.124 e. The topological polar surface area (TPSA) is 21.3 Å². The van der Waals surface area contributed by atoms with Crippen LogP contribution in [-0.4, -0.2) is 13.7 Å². The third kappa shape index (κ3) is 1.58. The lowest BCUT2D eigenvalue weighted by Crippen LogP contribution is -2.35. The number of halogens is 1. The summed E-state index contributed by atoms with van der Waals surface area (Å²) in [7, 11) is 1.71. The summed E-state index contributed by atoms with van der Waals surface area (Å²) in [5.74, 6) is 0.964. The molecule has 0 aromatic heterocycles. The molecule has 1 aliphatic rings. The van der Waals surface area contributed by atoms with Crippen LogP contribution in [0.4, 0.5) is 0 Å². The van der Waals surface area contributed by atoms with E-state index in [9.17, 15) is 0 Å². The summed E-state index contributed by atoms with van der Waals surface area (Å²) in [4.78, 5) is 0. The van der Waals surface area contributed by atoms with Crippen molar-refractivity contribution in [2.75, 3.05) is 13.7 Å². The number of benzene rings is 1. The van der Waals surface area contributed by atoms with Crippen LogP contribution in [0.25, 0.3) is 0 Å². The average molecular weight is 242 g/mol. The Morgan fingerprint density at radius 3 is 2.85 bits per heavy atom. The van der Waals surface area contributed by atoms with Crippen LogP contribution in [0.2, 0.25) is 0 Å². The van der Waals surface area contributed by atoms with E-state index in [1.807, 2.05) is 12.1 Å². The highest BCUT2D eigenvalue weighted by molar-refractivity contribution is 9.10. The Balaban J connectivity index is 2.39. The van der Waals surface area contributed by atoms with Crippen molar-refractivity contribution in [2.24, 2.45) is 0 Å². The van der Waals surface area contributed by atoms with Gasteiger partial charge in [-0.2, -0.15) is 0 Å². The molecule has 1 fully saturated rings. The Labute approximate surface area is 86.4 Å². The van der Waals surface area contributed by atoms with Crippen LogP contribution >= 0.6 is 15.9 Å². The summed E-state index contributed by atoms with van der Waals surface area (Å²) in [5, 5.41) is 3.37. The summed E-state index contributed by atoms with van der Waals surface area (Å²) in [6.07, 6.45) is 1.19. The van der Waals surface area contributed by atoms with Crippen LogP contribution in [0.5, 0.6) is 5.75 Å². The number of rotatable bonds is 2. The predicted molar refractivity (Wildman–Crippen MR) is 56.1 cm³/mol. The second-order valence-electron chi connectivity index (χ2n) is 3.15. The molecule has 1 aromatic rings. The van der Waals surface area contributed by atoms with Crippen molar-refractivity contribution in [3.05, 3.63) is 28.2 Å². The molecule has 0 spiro atoms. The van der Waals surface area contributed by atoms with Crippen LogP contribution in [-0.2, 0) is 0 Å². The quantitative estimate of drug-likeness (QED) is 0.860. The molecule has 1 N–H and O–H groups in total. The monoisotopic (exact) mass is 241 g/mol. The number of methoxy groups -OCH3 is 1. The van der Waals surface area contributed by atoms with Crippen molar-refractivity contribution in [3.63, 3.8) is 0 Å². The highest BCUT2D eigenvalue weighted by Crippen LogP contribution is 2.36. The van der Waals surface area contributed by atoms with Crippen LogP contribution in [0.15, 0.2) is 22.7 Å². The minimum atomic E-state index is 0.463. The third-order valence-electron chi connectivity index (χ3n) is 2.41. The van der Waals surface area contributed by atoms with Gasteiger partial charge in [-0.1, -0.05) is 22.0 Å². The van der Waals surface area contributed by atoms with Crippen LogP contribution in [0.1, 0.15) is 18.0 Å². The first-order chi connectivity index (χ1) is 6.33. The van der Waals surface area contributed by atoms with Gasteiger partial charge in [0, 0.05) is 16.1 Å². The Hall–Kier alpha value is -0.540. The summed E-state index contributed by atoms with van der Waals surface area (Å²) in [6.45, 7) is 1.11. The number of hydrogen-bond donors (Lipinski definition) is 1. The molecule has 0 amide bonds. The van der Waals surface area contributed by atoms with Gasteiger partial charge >= 0.3 is 0 Å². The highest BCUT2D eigenvalue weighted by Gasteiger charge is 2.23. The molecule has 1 aliphatic heterocycles. The average Bonchev–Trinajstić information content (AvgIpc) is 2.05. The molecular formula is C10H12BrNO. The lowest BCUT2D eigenvalue weighted by atomic mass is 9.97. The minimum absolute atomic E-state index is 0.463. The summed E-state index contributed by atoms with van der Waals surface area (Å²) < 4.78 is 6.44. The molecule has 13 heavy (non-hydrogen) atoms. The van der Waals surface area contributed by atoms with Gasteiger partial charge in [-0.3, -0.25) is 0 Å². The number of nitrogens with one attached hydrogen (secondary N) is 1. The SMILES string of the molecule is COc1cccc(Br)c1C1CCN1. The molecule has 1 aromatic carbocycles. The van der Waals surface area contributed by atoms with Gasteiger partial charge in [0.25, 0.3) is 0 Å². The standard InChI is InChI=1S/C10H12BrNO/c1-13-9-4-2-3-7(11)10(9)8-5-6-12-8/h2-4,8,12H,5-6H2,1H3. The number of ether oxygens (including phenoxy) is 1.